The minimum absolute atomic E-state index is 0.298. The summed E-state index contributed by atoms with van der Waals surface area (Å²) in [7, 11) is 3.08. The molecule has 0 bridgehead atoms. The second-order valence-electron chi connectivity index (χ2n) is 6.17. The van der Waals surface area contributed by atoms with Gasteiger partial charge in [-0.2, -0.15) is 0 Å². The van der Waals surface area contributed by atoms with Crippen LogP contribution in [0.25, 0.3) is 0 Å². The molecular formula is C17H17N3O5S. The number of fused-ring (bicyclic) bond motifs is 2. The van der Waals surface area contributed by atoms with E-state index in [1.807, 2.05) is 0 Å². The van der Waals surface area contributed by atoms with Gasteiger partial charge < -0.3 is 19.7 Å². The Bertz CT molecular complexity index is 840. The van der Waals surface area contributed by atoms with E-state index in [2.05, 4.69) is 5.32 Å². The molecule has 1 N–H and O–H groups in total. The number of carbonyl (C=O) groups excluding carboxylic acids is 3. The van der Waals surface area contributed by atoms with Crippen LogP contribution >= 0.6 is 11.8 Å². The Morgan fingerprint density at radius 2 is 1.92 bits per heavy atom. The van der Waals surface area contributed by atoms with Crippen LogP contribution in [-0.4, -0.2) is 60.3 Å². The summed E-state index contributed by atoms with van der Waals surface area (Å²) in [6.45, 7) is 0.963. The van der Waals surface area contributed by atoms with Gasteiger partial charge in [-0.25, -0.2) is 4.79 Å². The van der Waals surface area contributed by atoms with Crippen molar-refractivity contribution in [1.82, 2.24) is 9.80 Å². The number of anilines is 1. The van der Waals surface area contributed by atoms with Crippen molar-refractivity contribution in [2.24, 2.45) is 5.92 Å². The molecule has 0 aliphatic carbocycles. The molecule has 2 unspecified atom stereocenters. The lowest BCUT2D eigenvalue weighted by molar-refractivity contribution is -0.133. The summed E-state index contributed by atoms with van der Waals surface area (Å²) in [5, 5.41) is 2.41. The van der Waals surface area contributed by atoms with Crippen LogP contribution in [0, 0.1) is 5.92 Å². The Balaban J connectivity index is 1.51. The third-order valence-corrected chi connectivity index (χ3v) is 5.92. The van der Waals surface area contributed by atoms with Crippen LogP contribution in [0.1, 0.15) is 0 Å². The molecule has 2 atom stereocenters. The van der Waals surface area contributed by atoms with Crippen molar-refractivity contribution in [3.05, 3.63) is 29.2 Å². The first kappa shape index (κ1) is 16.8. The number of nitrogens with one attached hydrogen (secondary N) is 1. The molecule has 0 spiro atoms. The van der Waals surface area contributed by atoms with E-state index < -0.39 is 11.3 Å². The summed E-state index contributed by atoms with van der Waals surface area (Å²) in [6.07, 6.45) is 1.63. The first-order chi connectivity index (χ1) is 12.5. The maximum atomic E-state index is 12.6. The number of benzene rings is 1. The largest absolute Gasteiger partial charge is 0.486 e. The molecule has 3 aliphatic heterocycles. The molecule has 1 aromatic rings. The van der Waals surface area contributed by atoms with Gasteiger partial charge in [-0.1, -0.05) is 11.8 Å². The van der Waals surface area contributed by atoms with Gasteiger partial charge in [-0.15, -0.1) is 0 Å². The van der Waals surface area contributed by atoms with Gasteiger partial charge in [0.05, 0.1) is 16.2 Å². The number of urea groups is 1. The number of ether oxygens (including phenoxy) is 2. The third kappa shape index (κ3) is 2.68. The van der Waals surface area contributed by atoms with Gasteiger partial charge in [0.2, 0.25) is 5.91 Å². The summed E-state index contributed by atoms with van der Waals surface area (Å²) in [6, 6.07) is 4.80. The molecule has 1 aromatic carbocycles. The van der Waals surface area contributed by atoms with E-state index in [-0.39, 0.29) is 17.8 Å². The number of hydrogen-bond acceptors (Lipinski definition) is 6. The average Bonchev–Trinajstić information content (AvgIpc) is 3.10. The molecular weight excluding hydrogens is 358 g/mol. The molecule has 4 amide bonds. The maximum Gasteiger partial charge on any atom is 0.327 e. The van der Waals surface area contributed by atoms with Crippen LogP contribution in [0.3, 0.4) is 0 Å². The lowest BCUT2D eigenvalue weighted by Crippen LogP contribution is -2.56. The molecule has 0 aromatic heterocycles. The summed E-state index contributed by atoms with van der Waals surface area (Å²) >= 11 is 1.22. The van der Waals surface area contributed by atoms with E-state index in [1.165, 1.54) is 23.7 Å². The molecule has 1 fully saturated rings. The fraction of sp³-hybridized carbons (Fsp3) is 0.353. The predicted molar refractivity (Wildman–Crippen MR) is 94.9 cm³/mol. The fourth-order valence-corrected chi connectivity index (χ4v) is 4.34. The summed E-state index contributed by atoms with van der Waals surface area (Å²) in [5.74, 6) is 0.0835. The van der Waals surface area contributed by atoms with Crippen LogP contribution in [0.2, 0.25) is 0 Å². The van der Waals surface area contributed by atoms with Crippen LogP contribution in [-0.2, 0) is 9.59 Å². The normalized spacial score (nSPS) is 24.3. The Morgan fingerprint density at radius 3 is 2.69 bits per heavy atom. The van der Waals surface area contributed by atoms with Gasteiger partial charge in [0.15, 0.2) is 11.5 Å². The molecule has 136 valence electrons. The summed E-state index contributed by atoms with van der Waals surface area (Å²) in [5.41, 5.74) is 0.573. The highest BCUT2D eigenvalue weighted by Gasteiger charge is 2.47. The third-order valence-electron chi connectivity index (χ3n) is 4.50. The zero-order valence-electron chi connectivity index (χ0n) is 14.2. The van der Waals surface area contributed by atoms with E-state index in [4.69, 9.17) is 9.47 Å². The molecule has 3 heterocycles. The Labute approximate surface area is 154 Å². The second kappa shape index (κ2) is 6.24. The van der Waals surface area contributed by atoms with Crippen molar-refractivity contribution in [3.8, 4) is 11.5 Å². The molecule has 8 nitrogen and oxygen atoms in total. The molecule has 0 saturated carbocycles. The zero-order valence-corrected chi connectivity index (χ0v) is 15.0. The lowest BCUT2D eigenvalue weighted by atomic mass is 10.0. The van der Waals surface area contributed by atoms with E-state index in [9.17, 15) is 14.4 Å². The zero-order chi connectivity index (χ0) is 18.4. The number of hydrogen-bond donors (Lipinski definition) is 1. The minimum atomic E-state index is -0.520. The Morgan fingerprint density at radius 1 is 1.19 bits per heavy atom. The monoisotopic (exact) mass is 375 g/mol. The Kier molecular flexibility index (Phi) is 4.03. The molecule has 0 radical (unpaired) electrons. The molecule has 9 heteroatoms. The standard InChI is InChI=1S/C17H17N3O5S/c1-19-15(22)10-8-13(26-16(10)20(2)17(19)23)14(21)18-9-3-4-11-12(7-9)25-6-5-24-11/h3-4,7-8,10,16H,5-6H2,1-2H3,(H,18,21). The molecule has 1 saturated heterocycles. The molecule has 26 heavy (non-hydrogen) atoms. The number of imide groups is 1. The Hall–Kier alpha value is -2.68. The first-order valence-electron chi connectivity index (χ1n) is 8.09. The van der Waals surface area contributed by atoms with Crippen molar-refractivity contribution in [2.75, 3.05) is 32.6 Å². The van der Waals surface area contributed by atoms with Gasteiger partial charge in [0, 0.05) is 25.8 Å². The minimum Gasteiger partial charge on any atom is -0.486 e. The number of rotatable bonds is 2. The van der Waals surface area contributed by atoms with E-state index in [0.29, 0.717) is 35.3 Å². The smallest absolute Gasteiger partial charge is 0.327 e. The summed E-state index contributed by atoms with van der Waals surface area (Å²) in [4.78, 5) is 39.9. The predicted octanol–water partition coefficient (Wildman–Crippen LogP) is 1.49. The van der Waals surface area contributed by atoms with Gasteiger partial charge in [-0.05, 0) is 18.2 Å². The van der Waals surface area contributed by atoms with Crippen LogP contribution < -0.4 is 14.8 Å². The highest BCUT2D eigenvalue weighted by Crippen LogP contribution is 2.42. The number of thioether (sulfide) groups is 1. The van der Waals surface area contributed by atoms with Gasteiger partial charge in [-0.3, -0.25) is 14.5 Å². The van der Waals surface area contributed by atoms with E-state index in [0.717, 1.165) is 4.90 Å². The quantitative estimate of drug-likeness (QED) is 0.843. The van der Waals surface area contributed by atoms with Crippen LogP contribution in [0.4, 0.5) is 10.5 Å². The highest BCUT2D eigenvalue weighted by atomic mass is 32.2. The van der Waals surface area contributed by atoms with Crippen LogP contribution in [0.5, 0.6) is 11.5 Å². The lowest BCUT2D eigenvalue weighted by Gasteiger charge is -2.37. The molecule has 4 rings (SSSR count). The van der Waals surface area contributed by atoms with Crippen LogP contribution in [0.15, 0.2) is 29.2 Å². The van der Waals surface area contributed by atoms with Crippen molar-refractivity contribution >= 4 is 35.3 Å². The highest BCUT2D eigenvalue weighted by molar-refractivity contribution is 8.04. The second-order valence-corrected chi connectivity index (χ2v) is 7.33. The van der Waals surface area contributed by atoms with Gasteiger partial charge in [0.1, 0.15) is 13.2 Å². The molecule has 3 aliphatic rings. The van der Waals surface area contributed by atoms with Gasteiger partial charge in [0.25, 0.3) is 5.91 Å². The first-order valence-corrected chi connectivity index (χ1v) is 8.97. The topological polar surface area (TPSA) is 88.2 Å². The SMILES string of the molecule is CN1C(=O)C2C=C(C(=O)Nc3ccc4c(c3)OCCO4)SC2N(C)C1=O. The number of nitrogens with zero attached hydrogens (tertiary/aromatic N) is 2. The number of amides is 4. The fourth-order valence-electron chi connectivity index (χ4n) is 3.11. The van der Waals surface area contributed by atoms with Crippen molar-refractivity contribution in [2.45, 2.75) is 5.37 Å². The van der Waals surface area contributed by atoms with Crippen molar-refractivity contribution in [1.29, 1.82) is 0 Å². The number of carbonyl (C=O) groups is 3. The van der Waals surface area contributed by atoms with E-state index in [1.54, 1.807) is 31.3 Å². The van der Waals surface area contributed by atoms with E-state index >= 15 is 0 Å². The summed E-state index contributed by atoms with van der Waals surface area (Å²) < 4.78 is 11.0. The average molecular weight is 375 g/mol. The van der Waals surface area contributed by atoms with Gasteiger partial charge >= 0.3 is 6.03 Å². The van der Waals surface area contributed by atoms with Crippen molar-refractivity contribution < 1.29 is 23.9 Å². The van der Waals surface area contributed by atoms with Crippen molar-refractivity contribution in [3.63, 3.8) is 0 Å². The maximum absolute atomic E-state index is 12.6.